The van der Waals surface area contributed by atoms with Crippen LogP contribution in [0, 0.1) is 0 Å². The van der Waals surface area contributed by atoms with Gasteiger partial charge in [-0.2, -0.15) is 5.10 Å². The van der Waals surface area contributed by atoms with Crippen molar-refractivity contribution in [1.82, 2.24) is 29.6 Å². The molecule has 0 saturated carbocycles. The van der Waals surface area contributed by atoms with E-state index in [1.165, 1.54) is 11.0 Å². The summed E-state index contributed by atoms with van der Waals surface area (Å²) in [4.78, 5) is 29.3. The molecular formula is C15H15N7OS. The minimum atomic E-state index is 0.0116. The Hall–Kier alpha value is -2.81. The summed E-state index contributed by atoms with van der Waals surface area (Å²) >= 11 is 1.62. The van der Waals surface area contributed by atoms with Crippen LogP contribution in [-0.4, -0.2) is 61.7 Å². The molecule has 1 fully saturated rings. The second kappa shape index (κ2) is 6.36. The van der Waals surface area contributed by atoms with Gasteiger partial charge in [0.15, 0.2) is 10.9 Å². The molecule has 0 radical (unpaired) electrons. The molecule has 0 bridgehead atoms. The van der Waals surface area contributed by atoms with Gasteiger partial charge in [-0.05, 0) is 12.1 Å². The van der Waals surface area contributed by atoms with Crippen LogP contribution in [0.3, 0.4) is 0 Å². The van der Waals surface area contributed by atoms with E-state index in [4.69, 9.17) is 0 Å². The molecule has 3 aromatic rings. The van der Waals surface area contributed by atoms with Gasteiger partial charge in [0.05, 0.1) is 0 Å². The molecule has 9 heteroatoms. The number of amides is 1. The van der Waals surface area contributed by atoms with E-state index in [1.54, 1.807) is 42.2 Å². The molecule has 0 atom stereocenters. The summed E-state index contributed by atoms with van der Waals surface area (Å²) in [7, 11) is 0. The smallest absolute Gasteiger partial charge is 0.254 e. The molecule has 4 rings (SSSR count). The quantitative estimate of drug-likeness (QED) is 0.709. The van der Waals surface area contributed by atoms with E-state index < -0.39 is 0 Å². The standard InChI is InChI=1S/C15H15N7OS/c23-14(12-1-2-17-13(9-12)22-11-16-10-19-22)20-4-6-21(7-5-20)15-18-3-8-24-15/h1-3,8-11H,4-7H2. The van der Waals surface area contributed by atoms with E-state index in [0.717, 1.165) is 18.2 Å². The van der Waals surface area contributed by atoms with Gasteiger partial charge in [0, 0.05) is 49.5 Å². The summed E-state index contributed by atoms with van der Waals surface area (Å²) in [5, 5.41) is 7.02. The van der Waals surface area contributed by atoms with Crippen LogP contribution in [0.25, 0.3) is 5.82 Å². The molecule has 0 N–H and O–H groups in total. The third kappa shape index (κ3) is 2.85. The number of nitrogens with zero attached hydrogens (tertiary/aromatic N) is 7. The summed E-state index contributed by atoms with van der Waals surface area (Å²) in [6.45, 7) is 2.94. The van der Waals surface area contributed by atoms with Crippen molar-refractivity contribution in [3.8, 4) is 5.82 Å². The number of rotatable bonds is 3. The SMILES string of the molecule is O=C(c1ccnc(-n2cncn2)c1)N1CCN(c2nccs2)CC1. The Labute approximate surface area is 142 Å². The van der Waals surface area contributed by atoms with Crippen LogP contribution >= 0.6 is 11.3 Å². The number of hydrogen-bond donors (Lipinski definition) is 0. The number of carbonyl (C=O) groups excluding carboxylic acids is 1. The highest BCUT2D eigenvalue weighted by Gasteiger charge is 2.23. The highest BCUT2D eigenvalue weighted by Crippen LogP contribution is 2.19. The van der Waals surface area contributed by atoms with E-state index in [-0.39, 0.29) is 5.91 Å². The number of aromatic nitrogens is 5. The molecule has 3 aromatic heterocycles. The van der Waals surface area contributed by atoms with Gasteiger partial charge in [0.1, 0.15) is 12.7 Å². The topological polar surface area (TPSA) is 80.0 Å². The summed E-state index contributed by atoms with van der Waals surface area (Å²) < 4.78 is 1.54. The molecule has 0 spiro atoms. The number of thiazole rings is 1. The zero-order valence-electron chi connectivity index (χ0n) is 12.8. The maximum Gasteiger partial charge on any atom is 0.254 e. The minimum absolute atomic E-state index is 0.0116. The highest BCUT2D eigenvalue weighted by atomic mass is 32.1. The van der Waals surface area contributed by atoms with E-state index >= 15 is 0 Å². The number of pyridine rings is 1. The summed E-state index contributed by atoms with van der Waals surface area (Å²) in [6, 6.07) is 3.47. The highest BCUT2D eigenvalue weighted by molar-refractivity contribution is 7.13. The number of carbonyl (C=O) groups is 1. The molecule has 24 heavy (non-hydrogen) atoms. The number of hydrogen-bond acceptors (Lipinski definition) is 7. The Morgan fingerprint density at radius 1 is 1.12 bits per heavy atom. The van der Waals surface area contributed by atoms with Crippen molar-refractivity contribution < 1.29 is 4.79 Å². The lowest BCUT2D eigenvalue weighted by molar-refractivity contribution is 0.0746. The molecule has 0 aliphatic carbocycles. The van der Waals surface area contributed by atoms with Crippen molar-refractivity contribution in [2.24, 2.45) is 0 Å². The van der Waals surface area contributed by atoms with E-state index in [1.807, 2.05) is 10.3 Å². The van der Waals surface area contributed by atoms with Gasteiger partial charge in [-0.3, -0.25) is 4.79 Å². The molecule has 0 aromatic carbocycles. The minimum Gasteiger partial charge on any atom is -0.345 e. The van der Waals surface area contributed by atoms with Gasteiger partial charge in [0.25, 0.3) is 5.91 Å². The maximum atomic E-state index is 12.7. The summed E-state index contributed by atoms with van der Waals surface area (Å²) in [6.07, 6.45) is 6.42. The van der Waals surface area contributed by atoms with Crippen molar-refractivity contribution in [2.75, 3.05) is 31.1 Å². The largest absolute Gasteiger partial charge is 0.345 e. The zero-order valence-corrected chi connectivity index (χ0v) is 13.6. The van der Waals surface area contributed by atoms with Gasteiger partial charge >= 0.3 is 0 Å². The summed E-state index contributed by atoms with van der Waals surface area (Å²) in [5.41, 5.74) is 0.609. The van der Waals surface area contributed by atoms with E-state index in [2.05, 4.69) is 25.0 Å². The fraction of sp³-hybridized carbons (Fsp3) is 0.267. The van der Waals surface area contributed by atoms with Gasteiger partial charge in [-0.15, -0.1) is 11.3 Å². The molecule has 1 aliphatic heterocycles. The third-order valence-corrected chi connectivity index (χ3v) is 4.73. The predicted octanol–water partition coefficient (Wildman–Crippen LogP) is 1.08. The second-order valence-electron chi connectivity index (χ2n) is 5.34. The second-order valence-corrected chi connectivity index (χ2v) is 6.21. The molecule has 122 valence electrons. The fourth-order valence-electron chi connectivity index (χ4n) is 2.66. The lowest BCUT2D eigenvalue weighted by atomic mass is 10.2. The van der Waals surface area contributed by atoms with E-state index in [0.29, 0.717) is 24.5 Å². The van der Waals surface area contributed by atoms with Crippen LogP contribution in [0.1, 0.15) is 10.4 Å². The lowest BCUT2D eigenvalue weighted by Gasteiger charge is -2.34. The zero-order chi connectivity index (χ0) is 16.4. The Bertz CT molecular complexity index is 810. The number of piperazine rings is 1. The van der Waals surface area contributed by atoms with Crippen LogP contribution in [0.4, 0.5) is 5.13 Å². The normalized spacial score (nSPS) is 14.8. The first-order chi connectivity index (χ1) is 11.8. The third-order valence-electron chi connectivity index (χ3n) is 3.90. The molecule has 1 amide bonds. The van der Waals surface area contributed by atoms with Crippen LogP contribution < -0.4 is 4.90 Å². The molecule has 1 aliphatic rings. The monoisotopic (exact) mass is 341 g/mol. The first-order valence-corrected chi connectivity index (χ1v) is 8.44. The van der Waals surface area contributed by atoms with Crippen molar-refractivity contribution in [1.29, 1.82) is 0 Å². The Balaban J connectivity index is 1.46. The average Bonchev–Trinajstić information content (AvgIpc) is 3.35. The van der Waals surface area contributed by atoms with E-state index in [9.17, 15) is 4.79 Å². The maximum absolute atomic E-state index is 12.7. The molecule has 0 unspecified atom stereocenters. The van der Waals surface area contributed by atoms with Gasteiger partial charge in [0.2, 0.25) is 0 Å². The van der Waals surface area contributed by atoms with Crippen molar-refractivity contribution >= 4 is 22.4 Å². The van der Waals surface area contributed by atoms with Gasteiger partial charge in [-0.25, -0.2) is 19.6 Å². The van der Waals surface area contributed by atoms with Crippen molar-refractivity contribution in [3.05, 3.63) is 48.1 Å². The summed E-state index contributed by atoms with van der Waals surface area (Å²) in [5.74, 6) is 0.595. The first kappa shape index (κ1) is 14.8. The van der Waals surface area contributed by atoms with Crippen molar-refractivity contribution in [3.63, 3.8) is 0 Å². The Morgan fingerprint density at radius 2 is 2.00 bits per heavy atom. The van der Waals surface area contributed by atoms with Crippen molar-refractivity contribution in [2.45, 2.75) is 0 Å². The van der Waals surface area contributed by atoms with Crippen LogP contribution in [0.5, 0.6) is 0 Å². The Kier molecular flexibility index (Phi) is 3.91. The fourth-order valence-corrected chi connectivity index (χ4v) is 3.36. The van der Waals surface area contributed by atoms with Crippen LogP contribution in [0.2, 0.25) is 0 Å². The van der Waals surface area contributed by atoms with Crippen LogP contribution in [0.15, 0.2) is 42.6 Å². The molecule has 1 saturated heterocycles. The molecule has 8 nitrogen and oxygen atoms in total. The average molecular weight is 341 g/mol. The first-order valence-electron chi connectivity index (χ1n) is 7.56. The van der Waals surface area contributed by atoms with Gasteiger partial charge in [-0.1, -0.05) is 0 Å². The lowest BCUT2D eigenvalue weighted by Crippen LogP contribution is -2.48. The molecular weight excluding hydrogens is 326 g/mol. The molecule has 4 heterocycles. The Morgan fingerprint density at radius 3 is 2.71 bits per heavy atom. The van der Waals surface area contributed by atoms with Gasteiger partial charge < -0.3 is 9.80 Å². The van der Waals surface area contributed by atoms with Crippen LogP contribution in [-0.2, 0) is 0 Å². The number of anilines is 1. The predicted molar refractivity (Wildman–Crippen MR) is 89.4 cm³/mol.